The minimum absolute atomic E-state index is 0. The molecule has 1 fully saturated rings. The number of hydrogen-bond donors (Lipinski definition) is 2. The summed E-state index contributed by atoms with van der Waals surface area (Å²) in [6.07, 6.45) is 7.15. The zero-order chi connectivity index (χ0) is 13.9. The van der Waals surface area contributed by atoms with Gasteiger partial charge in [-0.15, -0.1) is 24.8 Å². The van der Waals surface area contributed by atoms with Crippen LogP contribution in [0.5, 0.6) is 0 Å². The molecule has 6 nitrogen and oxygen atoms in total. The van der Waals surface area contributed by atoms with Gasteiger partial charge in [-0.25, -0.2) is 0 Å². The van der Waals surface area contributed by atoms with Crippen LogP contribution >= 0.6 is 24.8 Å². The number of halogens is 2. The Morgan fingerprint density at radius 3 is 2.82 bits per heavy atom. The van der Waals surface area contributed by atoms with E-state index in [4.69, 9.17) is 0 Å². The minimum Gasteiger partial charge on any atom is -0.324 e. The highest BCUT2D eigenvalue weighted by molar-refractivity contribution is 5.93. The second kappa shape index (κ2) is 8.12. The molecule has 2 atom stereocenters. The second-order valence-electron chi connectivity index (χ2n) is 5.05. The van der Waals surface area contributed by atoms with Gasteiger partial charge in [0.1, 0.15) is 0 Å². The summed E-state index contributed by atoms with van der Waals surface area (Å²) in [5.74, 6) is 0.108. The normalized spacial score (nSPS) is 19.9. The van der Waals surface area contributed by atoms with Crippen LogP contribution < -0.4 is 10.6 Å². The number of rotatable bonds is 3. The standard InChI is InChI=1S/C14H17N5O.2ClH/c1-19-9-10(5-17-19)12-7-16-8-13(12)14(20)18-11-3-2-4-15-6-11;;/h2-6,9,12-13,16H,7-8H2,1H3,(H,18,20);2*1H/t12-,13+;;/m1../s1. The summed E-state index contributed by atoms with van der Waals surface area (Å²) in [4.78, 5) is 16.4. The molecular weight excluding hydrogens is 325 g/mol. The van der Waals surface area contributed by atoms with Gasteiger partial charge in [-0.1, -0.05) is 0 Å². The van der Waals surface area contributed by atoms with Crippen LogP contribution in [0.2, 0.25) is 0 Å². The largest absolute Gasteiger partial charge is 0.324 e. The lowest BCUT2D eigenvalue weighted by Crippen LogP contribution is -2.28. The van der Waals surface area contributed by atoms with E-state index >= 15 is 0 Å². The summed E-state index contributed by atoms with van der Waals surface area (Å²) in [6.45, 7) is 1.49. The molecule has 0 spiro atoms. The van der Waals surface area contributed by atoms with E-state index in [9.17, 15) is 4.79 Å². The van der Waals surface area contributed by atoms with Crippen molar-refractivity contribution in [2.45, 2.75) is 5.92 Å². The van der Waals surface area contributed by atoms with Crippen LogP contribution in [0, 0.1) is 5.92 Å². The lowest BCUT2D eigenvalue weighted by Gasteiger charge is -2.16. The Morgan fingerprint density at radius 1 is 1.36 bits per heavy atom. The number of carbonyl (C=O) groups is 1. The SMILES string of the molecule is Cl.Cl.Cn1cc([C@H]2CNC[C@@H]2C(=O)Nc2cccnc2)cn1. The summed E-state index contributed by atoms with van der Waals surface area (Å²) in [6, 6.07) is 3.65. The van der Waals surface area contributed by atoms with Gasteiger partial charge in [0, 0.05) is 38.4 Å². The number of amides is 1. The molecule has 2 aromatic rings. The number of carbonyl (C=O) groups excluding carboxylic acids is 1. The van der Waals surface area contributed by atoms with E-state index in [0.29, 0.717) is 6.54 Å². The molecule has 1 saturated heterocycles. The third kappa shape index (κ3) is 3.97. The number of pyridine rings is 1. The van der Waals surface area contributed by atoms with Crippen molar-refractivity contribution >= 4 is 36.4 Å². The average molecular weight is 344 g/mol. The Balaban J connectivity index is 0.00000121. The molecule has 8 heteroatoms. The molecule has 1 aliphatic rings. The first-order valence-electron chi connectivity index (χ1n) is 6.64. The lowest BCUT2D eigenvalue weighted by molar-refractivity contribution is -0.119. The molecule has 1 aliphatic heterocycles. The zero-order valence-electron chi connectivity index (χ0n) is 12.1. The minimum atomic E-state index is -0.0839. The van der Waals surface area contributed by atoms with E-state index in [-0.39, 0.29) is 42.6 Å². The van der Waals surface area contributed by atoms with Gasteiger partial charge < -0.3 is 10.6 Å². The smallest absolute Gasteiger partial charge is 0.229 e. The molecule has 0 aromatic carbocycles. The van der Waals surface area contributed by atoms with Gasteiger partial charge in [0.15, 0.2) is 0 Å². The maximum absolute atomic E-state index is 12.4. The maximum Gasteiger partial charge on any atom is 0.229 e. The van der Waals surface area contributed by atoms with Crippen molar-refractivity contribution in [3.8, 4) is 0 Å². The molecule has 0 bridgehead atoms. The summed E-state index contributed by atoms with van der Waals surface area (Å²) < 4.78 is 1.77. The molecule has 120 valence electrons. The number of anilines is 1. The van der Waals surface area contributed by atoms with E-state index in [2.05, 4.69) is 20.7 Å². The Morgan fingerprint density at radius 2 is 2.18 bits per heavy atom. The summed E-state index contributed by atoms with van der Waals surface area (Å²) in [5, 5.41) is 10.4. The molecule has 0 radical (unpaired) electrons. The number of hydrogen-bond acceptors (Lipinski definition) is 4. The van der Waals surface area contributed by atoms with E-state index in [1.54, 1.807) is 23.1 Å². The average Bonchev–Trinajstić information content (AvgIpc) is 3.08. The monoisotopic (exact) mass is 343 g/mol. The predicted molar refractivity (Wildman–Crippen MR) is 89.7 cm³/mol. The molecular formula is C14H19Cl2N5O. The highest BCUT2D eigenvalue weighted by atomic mass is 35.5. The molecule has 0 aliphatic carbocycles. The number of aromatic nitrogens is 3. The third-order valence-corrected chi connectivity index (χ3v) is 3.63. The van der Waals surface area contributed by atoms with Crippen LogP contribution in [0.1, 0.15) is 11.5 Å². The number of nitrogens with one attached hydrogen (secondary N) is 2. The van der Waals surface area contributed by atoms with E-state index < -0.39 is 0 Å². The van der Waals surface area contributed by atoms with Crippen molar-refractivity contribution in [1.82, 2.24) is 20.1 Å². The van der Waals surface area contributed by atoms with Crippen molar-refractivity contribution in [1.29, 1.82) is 0 Å². The van der Waals surface area contributed by atoms with Crippen molar-refractivity contribution in [3.05, 3.63) is 42.5 Å². The van der Waals surface area contributed by atoms with Crippen LogP contribution in [-0.2, 0) is 11.8 Å². The summed E-state index contributed by atoms with van der Waals surface area (Å²) >= 11 is 0. The molecule has 22 heavy (non-hydrogen) atoms. The van der Waals surface area contributed by atoms with Crippen LogP contribution in [0.3, 0.4) is 0 Å². The molecule has 3 rings (SSSR count). The van der Waals surface area contributed by atoms with Gasteiger partial charge in [0.25, 0.3) is 0 Å². The number of aryl methyl sites for hydroxylation is 1. The lowest BCUT2D eigenvalue weighted by atomic mass is 9.90. The van der Waals surface area contributed by atoms with Crippen molar-refractivity contribution < 1.29 is 4.79 Å². The van der Waals surface area contributed by atoms with Gasteiger partial charge in [0.2, 0.25) is 5.91 Å². The molecule has 2 aromatic heterocycles. The first-order chi connectivity index (χ1) is 9.74. The second-order valence-corrected chi connectivity index (χ2v) is 5.05. The summed E-state index contributed by atoms with van der Waals surface area (Å²) in [5.41, 5.74) is 1.83. The highest BCUT2D eigenvalue weighted by Crippen LogP contribution is 2.28. The van der Waals surface area contributed by atoms with E-state index in [1.165, 1.54) is 0 Å². The summed E-state index contributed by atoms with van der Waals surface area (Å²) in [7, 11) is 1.89. The van der Waals surface area contributed by atoms with Crippen molar-refractivity contribution in [2.75, 3.05) is 18.4 Å². The van der Waals surface area contributed by atoms with Crippen LogP contribution in [-0.4, -0.2) is 33.8 Å². The Kier molecular flexibility index (Phi) is 6.80. The fourth-order valence-electron chi connectivity index (χ4n) is 2.61. The van der Waals surface area contributed by atoms with Gasteiger partial charge in [-0.3, -0.25) is 14.5 Å². The van der Waals surface area contributed by atoms with Gasteiger partial charge in [-0.2, -0.15) is 5.10 Å². The van der Waals surface area contributed by atoms with E-state index in [1.807, 2.05) is 25.5 Å². The van der Waals surface area contributed by atoms with E-state index in [0.717, 1.165) is 17.8 Å². The van der Waals surface area contributed by atoms with Gasteiger partial charge >= 0.3 is 0 Å². The Hall–Kier alpha value is -1.63. The zero-order valence-corrected chi connectivity index (χ0v) is 13.7. The molecule has 0 unspecified atom stereocenters. The predicted octanol–water partition coefficient (Wildman–Crippen LogP) is 1.60. The first-order valence-corrected chi connectivity index (χ1v) is 6.64. The fraction of sp³-hybridized carbons (Fsp3) is 0.357. The quantitative estimate of drug-likeness (QED) is 0.887. The number of nitrogens with zero attached hydrogens (tertiary/aromatic N) is 3. The topological polar surface area (TPSA) is 71.8 Å². The fourth-order valence-corrected chi connectivity index (χ4v) is 2.61. The van der Waals surface area contributed by atoms with Crippen molar-refractivity contribution in [2.24, 2.45) is 13.0 Å². The van der Waals surface area contributed by atoms with Gasteiger partial charge in [-0.05, 0) is 17.7 Å². The molecule has 1 amide bonds. The highest BCUT2D eigenvalue weighted by Gasteiger charge is 2.34. The molecule has 0 saturated carbocycles. The molecule has 3 heterocycles. The maximum atomic E-state index is 12.4. The van der Waals surface area contributed by atoms with Crippen molar-refractivity contribution in [3.63, 3.8) is 0 Å². The first kappa shape index (κ1) is 18.4. The Bertz CT molecular complexity index is 604. The van der Waals surface area contributed by atoms with Crippen LogP contribution in [0.15, 0.2) is 36.9 Å². The van der Waals surface area contributed by atoms with Crippen LogP contribution in [0.4, 0.5) is 5.69 Å². The third-order valence-electron chi connectivity index (χ3n) is 3.63. The van der Waals surface area contributed by atoms with Gasteiger partial charge in [0.05, 0.1) is 24.0 Å². The Labute approximate surface area is 141 Å². The van der Waals surface area contributed by atoms with Crippen LogP contribution in [0.25, 0.3) is 0 Å². The molecule has 2 N–H and O–H groups in total.